The summed E-state index contributed by atoms with van der Waals surface area (Å²) in [5, 5.41) is 6.16. The minimum absolute atomic E-state index is 0.00465. The van der Waals surface area contributed by atoms with Gasteiger partial charge in [-0.1, -0.05) is 12.8 Å². The van der Waals surface area contributed by atoms with Crippen molar-refractivity contribution in [3.63, 3.8) is 0 Å². The molecule has 128 valence electrons. The zero-order valence-electron chi connectivity index (χ0n) is 14.3. The van der Waals surface area contributed by atoms with Crippen LogP contribution in [0.15, 0.2) is 0 Å². The van der Waals surface area contributed by atoms with Crippen molar-refractivity contribution in [3.8, 4) is 0 Å². The Hall–Kier alpha value is -1.06. The molecule has 0 heterocycles. The molecule has 4 bridgehead atoms. The highest BCUT2D eigenvalue weighted by Crippen LogP contribution is 2.60. The van der Waals surface area contributed by atoms with Crippen LogP contribution in [0.3, 0.4) is 0 Å². The van der Waals surface area contributed by atoms with E-state index in [-0.39, 0.29) is 17.2 Å². The Morgan fingerprint density at radius 3 is 2.00 bits per heavy atom. The predicted octanol–water partition coefficient (Wildman–Crippen LogP) is 2.77. The van der Waals surface area contributed by atoms with Gasteiger partial charge in [0.15, 0.2) is 0 Å². The molecule has 5 saturated carbocycles. The van der Waals surface area contributed by atoms with Crippen molar-refractivity contribution >= 4 is 11.8 Å². The first-order valence-electron chi connectivity index (χ1n) is 9.65. The van der Waals surface area contributed by atoms with Crippen molar-refractivity contribution in [1.82, 2.24) is 10.6 Å². The summed E-state index contributed by atoms with van der Waals surface area (Å²) < 4.78 is 0. The molecule has 5 aliphatic rings. The van der Waals surface area contributed by atoms with Crippen LogP contribution in [0.5, 0.6) is 0 Å². The third kappa shape index (κ3) is 2.89. The Morgan fingerprint density at radius 2 is 1.48 bits per heavy atom. The standard InChI is InChI=1S/C19H30N2O2/c1-12(17(22)21-16-4-2-3-5-16)20-18(23)19-9-13-6-14(10-19)8-15(7-13)11-19/h12-16H,2-11H2,1H3,(H,20,23)(H,21,22)/t12-,13?,14?,15?,19?/m0/s1. The van der Waals surface area contributed by atoms with Gasteiger partial charge in [-0.15, -0.1) is 0 Å². The Balaban J connectivity index is 1.36. The summed E-state index contributed by atoms with van der Waals surface area (Å²) in [5.74, 6) is 2.43. The van der Waals surface area contributed by atoms with Crippen molar-refractivity contribution in [1.29, 1.82) is 0 Å². The van der Waals surface area contributed by atoms with Crippen molar-refractivity contribution < 1.29 is 9.59 Å². The van der Waals surface area contributed by atoms with E-state index in [0.717, 1.165) is 49.9 Å². The fourth-order valence-corrected chi connectivity index (χ4v) is 6.20. The Bertz CT molecular complexity index is 460. The lowest BCUT2D eigenvalue weighted by Gasteiger charge is -2.55. The monoisotopic (exact) mass is 318 g/mol. The van der Waals surface area contributed by atoms with Crippen molar-refractivity contribution in [2.24, 2.45) is 23.2 Å². The van der Waals surface area contributed by atoms with Crippen LogP contribution in [0.4, 0.5) is 0 Å². The van der Waals surface area contributed by atoms with Crippen LogP contribution in [0, 0.1) is 23.2 Å². The second-order valence-electron chi connectivity index (χ2n) is 8.88. The van der Waals surface area contributed by atoms with Crippen LogP contribution in [-0.4, -0.2) is 23.9 Å². The summed E-state index contributed by atoms with van der Waals surface area (Å²) in [6.45, 7) is 1.84. The maximum atomic E-state index is 13.0. The van der Waals surface area contributed by atoms with Crippen LogP contribution in [0.1, 0.15) is 71.1 Å². The molecule has 0 unspecified atom stereocenters. The molecule has 1 atom stereocenters. The van der Waals surface area contributed by atoms with Gasteiger partial charge in [0.25, 0.3) is 0 Å². The van der Waals surface area contributed by atoms with E-state index < -0.39 is 6.04 Å². The minimum atomic E-state index is -0.406. The number of amides is 2. The van der Waals surface area contributed by atoms with Gasteiger partial charge < -0.3 is 10.6 Å². The van der Waals surface area contributed by atoms with Crippen LogP contribution < -0.4 is 10.6 Å². The summed E-state index contributed by atoms with van der Waals surface area (Å²) in [4.78, 5) is 25.3. The third-order valence-corrected chi connectivity index (χ3v) is 6.96. The SMILES string of the molecule is C[C@H](NC(=O)C12CC3CC(CC(C3)C1)C2)C(=O)NC1CCCC1. The van der Waals surface area contributed by atoms with E-state index in [1.54, 1.807) is 0 Å². The highest BCUT2D eigenvalue weighted by Gasteiger charge is 2.54. The van der Waals surface area contributed by atoms with E-state index in [4.69, 9.17) is 0 Å². The number of carbonyl (C=O) groups excluding carboxylic acids is 2. The summed E-state index contributed by atoms with van der Waals surface area (Å²) in [6, 6.07) is -0.0856. The van der Waals surface area contributed by atoms with E-state index in [9.17, 15) is 9.59 Å². The quantitative estimate of drug-likeness (QED) is 0.837. The average Bonchev–Trinajstić information content (AvgIpc) is 2.98. The Morgan fingerprint density at radius 1 is 0.957 bits per heavy atom. The molecular weight excluding hydrogens is 288 g/mol. The average molecular weight is 318 g/mol. The molecule has 0 aromatic heterocycles. The Labute approximate surface area is 139 Å². The highest BCUT2D eigenvalue weighted by molar-refractivity contribution is 5.90. The van der Waals surface area contributed by atoms with Gasteiger partial charge >= 0.3 is 0 Å². The number of rotatable bonds is 4. The third-order valence-electron chi connectivity index (χ3n) is 6.96. The smallest absolute Gasteiger partial charge is 0.242 e. The van der Waals surface area contributed by atoms with E-state index in [1.807, 2.05) is 6.92 Å². The van der Waals surface area contributed by atoms with E-state index in [1.165, 1.54) is 32.1 Å². The van der Waals surface area contributed by atoms with Crippen LogP contribution >= 0.6 is 0 Å². The molecular formula is C19H30N2O2. The van der Waals surface area contributed by atoms with Gasteiger partial charge in [0, 0.05) is 11.5 Å². The zero-order valence-corrected chi connectivity index (χ0v) is 14.3. The first kappa shape index (κ1) is 15.5. The van der Waals surface area contributed by atoms with Gasteiger partial charge in [-0.3, -0.25) is 9.59 Å². The predicted molar refractivity (Wildman–Crippen MR) is 88.6 cm³/mol. The van der Waals surface area contributed by atoms with Gasteiger partial charge in [-0.05, 0) is 76.0 Å². The molecule has 4 heteroatoms. The van der Waals surface area contributed by atoms with Crippen molar-refractivity contribution in [2.45, 2.75) is 83.2 Å². The molecule has 2 N–H and O–H groups in total. The Kier molecular flexibility index (Phi) is 3.89. The van der Waals surface area contributed by atoms with Gasteiger partial charge in [0.05, 0.1) is 0 Å². The molecule has 0 aliphatic heterocycles. The second kappa shape index (κ2) is 5.78. The molecule has 2 amide bonds. The van der Waals surface area contributed by atoms with Gasteiger partial charge in [0.2, 0.25) is 11.8 Å². The number of carbonyl (C=O) groups is 2. The summed E-state index contributed by atoms with van der Waals surface area (Å²) >= 11 is 0. The number of nitrogens with one attached hydrogen (secondary N) is 2. The summed E-state index contributed by atoms with van der Waals surface area (Å²) in [6.07, 6.45) is 11.8. The highest BCUT2D eigenvalue weighted by atomic mass is 16.2. The lowest BCUT2D eigenvalue weighted by molar-refractivity contribution is -0.148. The largest absolute Gasteiger partial charge is 0.352 e. The lowest BCUT2D eigenvalue weighted by atomic mass is 9.49. The van der Waals surface area contributed by atoms with Crippen molar-refractivity contribution in [2.75, 3.05) is 0 Å². The van der Waals surface area contributed by atoms with Gasteiger partial charge in [0.1, 0.15) is 6.04 Å². The zero-order chi connectivity index (χ0) is 16.0. The number of hydrogen-bond donors (Lipinski definition) is 2. The first-order chi connectivity index (χ1) is 11.0. The molecule has 0 aromatic carbocycles. The lowest BCUT2D eigenvalue weighted by Crippen LogP contribution is -2.57. The van der Waals surface area contributed by atoms with E-state index >= 15 is 0 Å². The van der Waals surface area contributed by atoms with Crippen LogP contribution in [0.2, 0.25) is 0 Å². The summed E-state index contributed by atoms with van der Waals surface area (Å²) in [5.41, 5.74) is -0.156. The van der Waals surface area contributed by atoms with Crippen LogP contribution in [0.25, 0.3) is 0 Å². The van der Waals surface area contributed by atoms with Crippen molar-refractivity contribution in [3.05, 3.63) is 0 Å². The fourth-order valence-electron chi connectivity index (χ4n) is 6.20. The molecule has 5 rings (SSSR count). The molecule has 23 heavy (non-hydrogen) atoms. The summed E-state index contributed by atoms with van der Waals surface area (Å²) in [7, 11) is 0. The second-order valence-corrected chi connectivity index (χ2v) is 8.88. The molecule has 0 aromatic rings. The normalized spacial score (nSPS) is 40.1. The van der Waals surface area contributed by atoms with Gasteiger partial charge in [-0.25, -0.2) is 0 Å². The van der Waals surface area contributed by atoms with Gasteiger partial charge in [-0.2, -0.15) is 0 Å². The molecule has 0 saturated heterocycles. The molecule has 0 radical (unpaired) electrons. The maximum absolute atomic E-state index is 13.0. The van der Waals surface area contributed by atoms with Crippen LogP contribution in [-0.2, 0) is 9.59 Å². The molecule has 5 aliphatic carbocycles. The first-order valence-corrected chi connectivity index (χ1v) is 9.65. The number of hydrogen-bond acceptors (Lipinski definition) is 2. The molecule has 4 nitrogen and oxygen atoms in total. The molecule has 0 spiro atoms. The van der Waals surface area contributed by atoms with E-state index in [0.29, 0.717) is 6.04 Å². The molecule has 5 fully saturated rings. The topological polar surface area (TPSA) is 58.2 Å². The fraction of sp³-hybridized carbons (Fsp3) is 0.895. The maximum Gasteiger partial charge on any atom is 0.242 e. The van der Waals surface area contributed by atoms with E-state index in [2.05, 4.69) is 10.6 Å². The minimum Gasteiger partial charge on any atom is -0.352 e.